The number of halogens is 2. The van der Waals surface area contributed by atoms with Gasteiger partial charge in [-0.05, 0) is 32.1 Å². The number of nitrogens with zero attached hydrogens (tertiary/aromatic N) is 1. The summed E-state index contributed by atoms with van der Waals surface area (Å²) in [6, 6.07) is 4.31. The summed E-state index contributed by atoms with van der Waals surface area (Å²) in [6.07, 6.45) is 0.123. The predicted octanol–water partition coefficient (Wildman–Crippen LogP) is 3.95. The van der Waals surface area contributed by atoms with Crippen LogP contribution in [0.5, 0.6) is 0 Å². The molecule has 1 unspecified atom stereocenters. The summed E-state index contributed by atoms with van der Waals surface area (Å²) in [5.41, 5.74) is -1.65. The minimum Gasteiger partial charge on any atom is -0.380 e. The molecule has 4 heteroatoms. The van der Waals surface area contributed by atoms with E-state index < -0.39 is 35.8 Å². The highest BCUT2D eigenvalue weighted by molar-refractivity contribution is 6.31. The summed E-state index contributed by atoms with van der Waals surface area (Å²) in [7, 11) is 3.66. The van der Waals surface area contributed by atoms with Crippen molar-refractivity contribution in [3.8, 4) is 0 Å². The molecule has 0 saturated carbocycles. The summed E-state index contributed by atoms with van der Waals surface area (Å²) in [6.45, 7) is 0.434. The molecule has 0 radical (unpaired) electrons. The van der Waals surface area contributed by atoms with Crippen LogP contribution in [0.2, 0.25) is 5.02 Å². The number of aliphatic hydroxyl groups is 1. The summed E-state index contributed by atoms with van der Waals surface area (Å²) < 4.78 is 39.9. The normalized spacial score (nSPS) is 16.9. The maximum Gasteiger partial charge on any atom is 0.117 e. The fourth-order valence-electron chi connectivity index (χ4n) is 2.03. The Hall–Kier alpha value is -1.06. The van der Waals surface area contributed by atoms with Crippen LogP contribution in [0.3, 0.4) is 0 Å². The monoisotopic (exact) mass is 330 g/mol. The van der Waals surface area contributed by atoms with Crippen LogP contribution in [0.4, 0.5) is 0 Å². The highest BCUT2D eigenvalue weighted by Gasteiger charge is 2.32. The van der Waals surface area contributed by atoms with Gasteiger partial charge in [-0.1, -0.05) is 60.0 Å². The largest absolute Gasteiger partial charge is 0.380 e. The molecule has 0 bridgehead atoms. The summed E-state index contributed by atoms with van der Waals surface area (Å²) in [5, 5.41) is 11.8. The van der Waals surface area contributed by atoms with E-state index in [0.29, 0.717) is 12.1 Å². The number of rotatable bonds is 5. The lowest BCUT2D eigenvalue weighted by molar-refractivity contribution is 0.0630. The van der Waals surface area contributed by atoms with Gasteiger partial charge < -0.3 is 10.0 Å². The van der Waals surface area contributed by atoms with Crippen molar-refractivity contribution in [2.75, 3.05) is 20.6 Å². The second kappa shape index (κ2) is 7.81. The van der Waals surface area contributed by atoms with Crippen LogP contribution in [0.15, 0.2) is 54.5 Å². The Morgan fingerprint density at radius 1 is 1.19 bits per heavy atom. The van der Waals surface area contributed by atoms with E-state index in [1.54, 1.807) is 24.3 Å². The highest BCUT2D eigenvalue weighted by Crippen LogP contribution is 2.36. The molecule has 0 spiro atoms. The van der Waals surface area contributed by atoms with Crippen molar-refractivity contribution in [3.05, 3.63) is 70.6 Å². The standard InChI is InChI=1S/C17H20ClNO.ClH/c1-19(2)13-12-17(20,14-8-4-3-5-9-14)15-10-6-7-11-16(15)18;/h3-11,20H,12-13H2,1-2H3;1H/i3D,4D,5D,8D,9D;. The van der Waals surface area contributed by atoms with Gasteiger partial charge in [0, 0.05) is 17.1 Å². The molecule has 0 aromatic heterocycles. The molecule has 114 valence electrons. The Balaban J connectivity index is 0.00000338. The topological polar surface area (TPSA) is 23.5 Å². The molecule has 0 aliphatic carbocycles. The van der Waals surface area contributed by atoms with Crippen molar-refractivity contribution in [1.82, 2.24) is 4.90 Å². The van der Waals surface area contributed by atoms with E-state index >= 15 is 0 Å². The number of hydrogen-bond acceptors (Lipinski definition) is 2. The third-order valence-corrected chi connectivity index (χ3v) is 3.48. The fourth-order valence-corrected chi connectivity index (χ4v) is 2.33. The molecule has 1 atom stereocenters. The van der Waals surface area contributed by atoms with Crippen molar-refractivity contribution >= 4 is 24.0 Å². The Kier molecular flexibility index (Phi) is 4.28. The second-order valence-corrected chi connectivity index (χ2v) is 5.30. The van der Waals surface area contributed by atoms with Crippen LogP contribution in [0.25, 0.3) is 0 Å². The Labute approximate surface area is 144 Å². The maximum atomic E-state index is 11.5. The molecule has 0 saturated heterocycles. The highest BCUT2D eigenvalue weighted by atomic mass is 35.5. The van der Waals surface area contributed by atoms with Gasteiger partial charge in [-0.15, -0.1) is 12.4 Å². The van der Waals surface area contributed by atoms with E-state index in [4.69, 9.17) is 18.5 Å². The van der Waals surface area contributed by atoms with Crippen LogP contribution >= 0.6 is 24.0 Å². The molecular weight excluding hydrogens is 305 g/mol. The molecule has 2 aromatic rings. The number of hydrogen-bond donors (Lipinski definition) is 1. The van der Waals surface area contributed by atoms with Crippen molar-refractivity contribution in [1.29, 1.82) is 0 Å². The third-order valence-electron chi connectivity index (χ3n) is 3.15. The first kappa shape index (κ1) is 11.5. The van der Waals surface area contributed by atoms with Crippen LogP contribution in [0, 0.1) is 0 Å². The predicted molar refractivity (Wildman–Crippen MR) is 91.3 cm³/mol. The molecule has 2 nitrogen and oxygen atoms in total. The Bertz CT molecular complexity index is 774. The van der Waals surface area contributed by atoms with Crippen molar-refractivity contribution < 1.29 is 12.0 Å². The second-order valence-electron chi connectivity index (χ2n) is 4.89. The van der Waals surface area contributed by atoms with Gasteiger partial charge in [-0.2, -0.15) is 0 Å². The van der Waals surface area contributed by atoms with E-state index in [-0.39, 0.29) is 29.4 Å². The van der Waals surface area contributed by atoms with Crippen LogP contribution in [-0.2, 0) is 5.60 Å². The molecule has 0 heterocycles. The van der Waals surface area contributed by atoms with Gasteiger partial charge >= 0.3 is 0 Å². The first-order chi connectivity index (χ1) is 11.6. The van der Waals surface area contributed by atoms with Crippen LogP contribution in [-0.4, -0.2) is 30.6 Å². The minimum atomic E-state index is -1.81. The molecule has 0 fully saturated rings. The third kappa shape index (κ3) is 4.21. The van der Waals surface area contributed by atoms with Crippen LogP contribution < -0.4 is 0 Å². The van der Waals surface area contributed by atoms with Gasteiger partial charge in [0.25, 0.3) is 0 Å². The lowest BCUT2D eigenvalue weighted by Gasteiger charge is -2.31. The first-order valence-corrected chi connectivity index (χ1v) is 6.68. The van der Waals surface area contributed by atoms with E-state index in [1.165, 1.54) is 0 Å². The summed E-state index contributed by atoms with van der Waals surface area (Å²) in [5.74, 6) is 0. The molecule has 0 aliphatic rings. The zero-order chi connectivity index (χ0) is 18.9. The zero-order valence-corrected chi connectivity index (χ0v) is 13.5. The lowest BCUT2D eigenvalue weighted by Crippen LogP contribution is -2.32. The summed E-state index contributed by atoms with van der Waals surface area (Å²) >= 11 is 6.26. The smallest absolute Gasteiger partial charge is 0.117 e. The minimum absolute atomic E-state index is 0. The average molecular weight is 331 g/mol. The fraction of sp³-hybridized carbons (Fsp3) is 0.294. The van der Waals surface area contributed by atoms with Gasteiger partial charge in [0.1, 0.15) is 5.60 Å². The average Bonchev–Trinajstić information content (AvgIpc) is 2.57. The molecule has 1 N–H and O–H groups in total. The van der Waals surface area contributed by atoms with Crippen molar-refractivity contribution in [3.63, 3.8) is 0 Å². The van der Waals surface area contributed by atoms with Crippen LogP contribution in [0.1, 0.15) is 24.4 Å². The molecule has 0 aliphatic heterocycles. The van der Waals surface area contributed by atoms with Gasteiger partial charge in [-0.3, -0.25) is 0 Å². The lowest BCUT2D eigenvalue weighted by atomic mass is 9.83. The maximum absolute atomic E-state index is 11.5. The van der Waals surface area contributed by atoms with E-state index in [1.807, 2.05) is 19.0 Å². The van der Waals surface area contributed by atoms with Gasteiger partial charge in [0.15, 0.2) is 0 Å². The molecule has 2 aromatic carbocycles. The van der Waals surface area contributed by atoms with Gasteiger partial charge in [0.2, 0.25) is 0 Å². The quantitative estimate of drug-likeness (QED) is 0.897. The van der Waals surface area contributed by atoms with E-state index in [9.17, 15) is 5.11 Å². The van der Waals surface area contributed by atoms with E-state index in [0.717, 1.165) is 0 Å². The SMILES string of the molecule is Cl.[2H]c1c([2H])c([2H])c(C(O)(CCN(C)C)c2ccccc2Cl)c([2H])c1[2H]. The van der Waals surface area contributed by atoms with Crippen molar-refractivity contribution in [2.45, 2.75) is 12.0 Å². The first-order valence-electron chi connectivity index (χ1n) is 8.80. The summed E-state index contributed by atoms with van der Waals surface area (Å²) in [4.78, 5) is 1.84. The Morgan fingerprint density at radius 2 is 1.81 bits per heavy atom. The van der Waals surface area contributed by atoms with Crippen molar-refractivity contribution in [2.24, 2.45) is 0 Å². The van der Waals surface area contributed by atoms with Gasteiger partial charge in [0.05, 0.1) is 6.85 Å². The zero-order valence-electron chi connectivity index (χ0n) is 16.9. The Morgan fingerprint density at radius 3 is 2.38 bits per heavy atom. The van der Waals surface area contributed by atoms with E-state index in [2.05, 4.69) is 0 Å². The molecular formula is C17H21Cl2NO. The van der Waals surface area contributed by atoms with Gasteiger partial charge in [-0.25, -0.2) is 0 Å². The molecule has 2 rings (SSSR count). The number of benzene rings is 2. The molecule has 21 heavy (non-hydrogen) atoms. The molecule has 0 amide bonds.